The Bertz CT molecular complexity index is 466. The maximum Gasteiger partial charge on any atom is 0.317 e. The van der Waals surface area contributed by atoms with E-state index in [4.69, 9.17) is 4.74 Å². The lowest BCUT2D eigenvalue weighted by atomic mass is 9.98. The van der Waals surface area contributed by atoms with Gasteiger partial charge in [-0.15, -0.1) is 0 Å². The minimum absolute atomic E-state index is 0.0598. The molecule has 1 heterocycles. The molecule has 4 nitrogen and oxygen atoms in total. The Morgan fingerprint density at radius 3 is 2.62 bits per heavy atom. The van der Waals surface area contributed by atoms with Gasteiger partial charge in [0, 0.05) is 18.6 Å². The number of nitrogens with one attached hydrogen (secondary N) is 1. The number of methoxy groups -OCH3 is 1. The number of benzene rings is 1. The van der Waals surface area contributed by atoms with Crippen LogP contribution in [0.3, 0.4) is 0 Å². The number of piperidine rings is 1. The number of ether oxygens (including phenoxy) is 1. The van der Waals surface area contributed by atoms with E-state index in [0.29, 0.717) is 18.6 Å². The van der Waals surface area contributed by atoms with Gasteiger partial charge in [-0.2, -0.15) is 0 Å². The maximum atomic E-state index is 12.3. The van der Waals surface area contributed by atoms with Crippen molar-refractivity contribution in [1.29, 1.82) is 0 Å². The summed E-state index contributed by atoms with van der Waals surface area (Å²) in [7, 11) is 1.68. The van der Waals surface area contributed by atoms with Gasteiger partial charge in [-0.05, 0) is 51.2 Å². The zero-order chi connectivity index (χ0) is 15.2. The number of hydrogen-bond donors (Lipinski definition) is 1. The van der Waals surface area contributed by atoms with Gasteiger partial charge in [-0.25, -0.2) is 4.79 Å². The minimum Gasteiger partial charge on any atom is -0.496 e. The summed E-state index contributed by atoms with van der Waals surface area (Å²) in [6.07, 6.45) is 4.20. The molecule has 0 spiro atoms. The second-order valence-electron chi connectivity index (χ2n) is 5.83. The summed E-state index contributed by atoms with van der Waals surface area (Å²) in [5, 5.41) is 3.04. The van der Waals surface area contributed by atoms with Crippen LogP contribution in [0.4, 0.5) is 4.79 Å². The van der Waals surface area contributed by atoms with E-state index in [-0.39, 0.29) is 6.03 Å². The zero-order valence-electron chi connectivity index (χ0n) is 13.3. The van der Waals surface area contributed by atoms with Gasteiger partial charge in [0.2, 0.25) is 0 Å². The van der Waals surface area contributed by atoms with E-state index in [9.17, 15) is 4.79 Å². The van der Waals surface area contributed by atoms with E-state index in [1.165, 1.54) is 6.42 Å². The molecule has 1 saturated heterocycles. The van der Waals surface area contributed by atoms with Gasteiger partial charge in [0.05, 0.1) is 7.11 Å². The number of rotatable bonds is 4. The van der Waals surface area contributed by atoms with E-state index in [1.807, 2.05) is 29.2 Å². The molecule has 4 heteroatoms. The number of carbonyl (C=O) groups is 1. The van der Waals surface area contributed by atoms with Gasteiger partial charge in [-0.1, -0.05) is 18.2 Å². The standard InChI is InChI=1S/C17H26N2O2/c1-13-7-6-8-14(2)19(13)17(20)18-12-11-15-9-4-5-10-16(15)21-3/h4-5,9-10,13-14H,6-8,11-12H2,1-3H3,(H,18,20). The topological polar surface area (TPSA) is 41.6 Å². The predicted octanol–water partition coefficient (Wildman–Crippen LogP) is 3.21. The van der Waals surface area contributed by atoms with E-state index < -0.39 is 0 Å². The Hall–Kier alpha value is -1.71. The van der Waals surface area contributed by atoms with Crippen molar-refractivity contribution in [3.8, 4) is 5.75 Å². The smallest absolute Gasteiger partial charge is 0.317 e. The third-order valence-corrected chi connectivity index (χ3v) is 4.29. The molecule has 0 bridgehead atoms. The Balaban J connectivity index is 1.86. The van der Waals surface area contributed by atoms with Crippen molar-refractivity contribution in [2.75, 3.05) is 13.7 Å². The van der Waals surface area contributed by atoms with Crippen LogP contribution in [-0.2, 0) is 6.42 Å². The molecule has 116 valence electrons. The third kappa shape index (κ3) is 3.90. The van der Waals surface area contributed by atoms with Crippen LogP contribution in [0.1, 0.15) is 38.7 Å². The molecule has 1 fully saturated rings. The summed E-state index contributed by atoms with van der Waals surface area (Å²) >= 11 is 0. The van der Waals surface area contributed by atoms with Crippen LogP contribution >= 0.6 is 0 Å². The molecule has 2 unspecified atom stereocenters. The summed E-state index contributed by atoms with van der Waals surface area (Å²) in [6.45, 7) is 4.90. The van der Waals surface area contributed by atoms with Gasteiger partial charge < -0.3 is 15.0 Å². The molecule has 0 aromatic heterocycles. The van der Waals surface area contributed by atoms with Crippen molar-refractivity contribution < 1.29 is 9.53 Å². The lowest BCUT2D eigenvalue weighted by Gasteiger charge is -2.38. The maximum absolute atomic E-state index is 12.3. The molecular weight excluding hydrogens is 264 g/mol. The van der Waals surface area contributed by atoms with Crippen LogP contribution in [0, 0.1) is 0 Å². The van der Waals surface area contributed by atoms with Crippen LogP contribution in [0.25, 0.3) is 0 Å². The Labute approximate surface area is 127 Å². The van der Waals surface area contributed by atoms with Gasteiger partial charge in [-0.3, -0.25) is 0 Å². The average molecular weight is 290 g/mol. The summed E-state index contributed by atoms with van der Waals surface area (Å²) in [5.41, 5.74) is 1.13. The Morgan fingerprint density at radius 1 is 1.29 bits per heavy atom. The van der Waals surface area contributed by atoms with Crippen LogP contribution in [0.5, 0.6) is 5.75 Å². The molecule has 2 atom stereocenters. The molecular formula is C17H26N2O2. The van der Waals surface area contributed by atoms with E-state index >= 15 is 0 Å². The number of urea groups is 1. The number of likely N-dealkylation sites (tertiary alicyclic amines) is 1. The third-order valence-electron chi connectivity index (χ3n) is 4.29. The van der Waals surface area contributed by atoms with Crippen LogP contribution in [0.15, 0.2) is 24.3 Å². The SMILES string of the molecule is COc1ccccc1CCNC(=O)N1C(C)CCCC1C. The van der Waals surface area contributed by atoms with Crippen LogP contribution < -0.4 is 10.1 Å². The van der Waals surface area contributed by atoms with Gasteiger partial charge in [0.25, 0.3) is 0 Å². The molecule has 21 heavy (non-hydrogen) atoms. The van der Waals surface area contributed by atoms with Gasteiger partial charge >= 0.3 is 6.03 Å². The first-order valence-electron chi connectivity index (χ1n) is 7.81. The fourth-order valence-corrected chi connectivity index (χ4v) is 3.13. The lowest BCUT2D eigenvalue weighted by Crippen LogP contribution is -2.52. The Kier molecular flexibility index (Phi) is 5.48. The van der Waals surface area contributed by atoms with Crippen molar-refractivity contribution >= 4 is 6.03 Å². The van der Waals surface area contributed by atoms with Crippen LogP contribution in [0.2, 0.25) is 0 Å². The second kappa shape index (κ2) is 7.34. The first-order valence-corrected chi connectivity index (χ1v) is 7.81. The molecule has 2 rings (SSSR count). The number of amides is 2. The monoisotopic (exact) mass is 290 g/mol. The molecule has 1 aromatic rings. The minimum atomic E-state index is 0.0598. The molecule has 0 radical (unpaired) electrons. The lowest BCUT2D eigenvalue weighted by molar-refractivity contribution is 0.123. The normalized spacial score (nSPS) is 22.0. The van der Waals surface area contributed by atoms with Crippen molar-refractivity contribution in [3.63, 3.8) is 0 Å². The largest absolute Gasteiger partial charge is 0.496 e. The van der Waals surface area contributed by atoms with Gasteiger partial charge in [0.15, 0.2) is 0 Å². The fourth-order valence-electron chi connectivity index (χ4n) is 3.13. The van der Waals surface area contributed by atoms with Crippen LogP contribution in [-0.4, -0.2) is 36.7 Å². The number of hydrogen-bond acceptors (Lipinski definition) is 2. The highest BCUT2D eigenvalue weighted by Crippen LogP contribution is 2.22. The predicted molar refractivity (Wildman–Crippen MR) is 84.7 cm³/mol. The molecule has 1 aromatic carbocycles. The van der Waals surface area contributed by atoms with E-state index in [2.05, 4.69) is 19.2 Å². The molecule has 0 aliphatic carbocycles. The quantitative estimate of drug-likeness (QED) is 0.925. The number of nitrogens with zero attached hydrogens (tertiary/aromatic N) is 1. The summed E-state index contributed by atoms with van der Waals surface area (Å²) in [5.74, 6) is 0.881. The highest BCUT2D eigenvalue weighted by Gasteiger charge is 2.28. The van der Waals surface area contributed by atoms with Crippen molar-refractivity contribution in [2.24, 2.45) is 0 Å². The number of para-hydroxylation sites is 1. The fraction of sp³-hybridized carbons (Fsp3) is 0.588. The zero-order valence-corrected chi connectivity index (χ0v) is 13.3. The summed E-state index contributed by atoms with van der Waals surface area (Å²) in [4.78, 5) is 14.3. The first-order chi connectivity index (χ1) is 10.1. The highest BCUT2D eigenvalue weighted by atomic mass is 16.5. The van der Waals surface area contributed by atoms with E-state index in [0.717, 1.165) is 30.6 Å². The van der Waals surface area contributed by atoms with Crippen molar-refractivity contribution in [1.82, 2.24) is 10.2 Å². The van der Waals surface area contributed by atoms with Crippen molar-refractivity contribution in [3.05, 3.63) is 29.8 Å². The average Bonchev–Trinajstić information content (AvgIpc) is 2.47. The second-order valence-corrected chi connectivity index (χ2v) is 5.83. The highest BCUT2D eigenvalue weighted by molar-refractivity contribution is 5.75. The molecule has 1 aliphatic heterocycles. The first kappa shape index (κ1) is 15.7. The summed E-state index contributed by atoms with van der Waals surface area (Å²) < 4.78 is 5.33. The van der Waals surface area contributed by atoms with Crippen molar-refractivity contribution in [2.45, 2.75) is 51.6 Å². The Morgan fingerprint density at radius 2 is 1.95 bits per heavy atom. The summed E-state index contributed by atoms with van der Waals surface area (Å²) in [6, 6.07) is 8.67. The molecule has 0 saturated carbocycles. The molecule has 1 N–H and O–H groups in total. The molecule has 2 amide bonds. The van der Waals surface area contributed by atoms with Gasteiger partial charge in [0.1, 0.15) is 5.75 Å². The number of carbonyl (C=O) groups excluding carboxylic acids is 1. The van der Waals surface area contributed by atoms with E-state index in [1.54, 1.807) is 7.11 Å². The molecule has 1 aliphatic rings.